The molecule has 0 aromatic carbocycles. The van der Waals surface area contributed by atoms with Crippen LogP contribution < -0.4 is 5.32 Å². The first kappa shape index (κ1) is 15.6. The van der Waals surface area contributed by atoms with Crippen LogP contribution in [0.4, 0.5) is 0 Å². The third-order valence-corrected chi connectivity index (χ3v) is 6.88. The van der Waals surface area contributed by atoms with Crippen molar-refractivity contribution in [1.82, 2.24) is 5.32 Å². The molecule has 0 amide bonds. The van der Waals surface area contributed by atoms with Crippen molar-refractivity contribution in [2.75, 3.05) is 6.54 Å². The average molecular weight is 306 g/mol. The van der Waals surface area contributed by atoms with Gasteiger partial charge in [0.2, 0.25) is 0 Å². The molecule has 21 heavy (non-hydrogen) atoms. The van der Waals surface area contributed by atoms with Crippen molar-refractivity contribution in [3.63, 3.8) is 0 Å². The van der Waals surface area contributed by atoms with Crippen molar-refractivity contribution in [2.45, 2.75) is 77.7 Å². The highest BCUT2D eigenvalue weighted by Gasteiger charge is 2.30. The standard InChI is InChI=1S/C19H31NS/c1-3-11-20-19(16-9-5-7-14(4-2)12-16)18-13-15-8-6-10-17(15)21-18/h13-14,16,19-20H,3-12H2,1-2H3. The van der Waals surface area contributed by atoms with Gasteiger partial charge in [-0.05, 0) is 68.5 Å². The summed E-state index contributed by atoms with van der Waals surface area (Å²) in [6.07, 6.45) is 12.4. The van der Waals surface area contributed by atoms with Gasteiger partial charge in [0.1, 0.15) is 0 Å². The lowest BCUT2D eigenvalue weighted by atomic mass is 9.76. The van der Waals surface area contributed by atoms with Crippen molar-refractivity contribution in [3.05, 3.63) is 21.4 Å². The van der Waals surface area contributed by atoms with Gasteiger partial charge in [-0.3, -0.25) is 0 Å². The molecule has 1 aromatic rings. The van der Waals surface area contributed by atoms with Crippen molar-refractivity contribution >= 4 is 11.3 Å². The van der Waals surface area contributed by atoms with Crippen molar-refractivity contribution < 1.29 is 0 Å². The molecule has 2 heteroatoms. The van der Waals surface area contributed by atoms with Crippen LogP contribution in [0.2, 0.25) is 0 Å². The second-order valence-corrected chi connectivity index (χ2v) is 8.25. The second kappa shape index (κ2) is 7.28. The monoisotopic (exact) mass is 305 g/mol. The summed E-state index contributed by atoms with van der Waals surface area (Å²) in [4.78, 5) is 3.34. The van der Waals surface area contributed by atoms with Gasteiger partial charge in [0.05, 0.1) is 0 Å². The summed E-state index contributed by atoms with van der Waals surface area (Å²) in [5.41, 5.74) is 1.67. The lowest BCUT2D eigenvalue weighted by Crippen LogP contribution is -2.31. The first-order valence-electron chi connectivity index (χ1n) is 9.16. The molecule has 3 atom stereocenters. The molecule has 1 saturated carbocycles. The van der Waals surface area contributed by atoms with Crippen LogP contribution >= 0.6 is 11.3 Å². The fourth-order valence-corrected chi connectivity index (χ4v) is 5.74. The Morgan fingerprint density at radius 2 is 2.14 bits per heavy atom. The Morgan fingerprint density at radius 1 is 1.24 bits per heavy atom. The fourth-order valence-electron chi connectivity index (χ4n) is 4.31. The van der Waals surface area contributed by atoms with Crippen LogP contribution in [0.5, 0.6) is 0 Å². The van der Waals surface area contributed by atoms with E-state index in [1.165, 1.54) is 64.3 Å². The molecule has 118 valence electrons. The molecule has 2 aliphatic carbocycles. The summed E-state index contributed by atoms with van der Waals surface area (Å²) in [5.74, 6) is 1.84. The molecule has 1 nitrogen and oxygen atoms in total. The van der Waals surface area contributed by atoms with Gasteiger partial charge >= 0.3 is 0 Å². The minimum Gasteiger partial charge on any atom is -0.309 e. The summed E-state index contributed by atoms with van der Waals surface area (Å²) in [5, 5.41) is 3.90. The maximum Gasteiger partial charge on any atom is 0.0443 e. The Balaban J connectivity index is 1.76. The van der Waals surface area contributed by atoms with Crippen LogP contribution in [0, 0.1) is 11.8 Å². The largest absolute Gasteiger partial charge is 0.309 e. The molecule has 3 rings (SSSR count). The van der Waals surface area contributed by atoms with Crippen LogP contribution in [0.25, 0.3) is 0 Å². The zero-order valence-electron chi connectivity index (χ0n) is 13.8. The molecule has 1 heterocycles. The molecular formula is C19H31NS. The first-order valence-corrected chi connectivity index (χ1v) is 9.98. The van der Waals surface area contributed by atoms with Crippen LogP contribution in [0.15, 0.2) is 6.07 Å². The average Bonchev–Trinajstić information content (AvgIpc) is 3.09. The minimum atomic E-state index is 0.634. The van der Waals surface area contributed by atoms with Gasteiger partial charge in [-0.1, -0.05) is 33.1 Å². The maximum atomic E-state index is 3.90. The molecule has 3 unspecified atom stereocenters. The number of thiophene rings is 1. The predicted octanol–water partition coefficient (Wildman–Crippen LogP) is 5.49. The van der Waals surface area contributed by atoms with Gasteiger partial charge in [0, 0.05) is 15.8 Å². The number of rotatable bonds is 6. The maximum absolute atomic E-state index is 3.90. The third-order valence-electron chi connectivity index (χ3n) is 5.56. The molecule has 1 aromatic heterocycles. The van der Waals surface area contributed by atoms with Crippen LogP contribution in [-0.2, 0) is 12.8 Å². The van der Waals surface area contributed by atoms with Gasteiger partial charge in [0.15, 0.2) is 0 Å². The van der Waals surface area contributed by atoms with Gasteiger partial charge in [-0.25, -0.2) is 0 Å². The minimum absolute atomic E-state index is 0.634. The smallest absolute Gasteiger partial charge is 0.0443 e. The molecule has 0 bridgehead atoms. The highest BCUT2D eigenvalue weighted by molar-refractivity contribution is 7.12. The van der Waals surface area contributed by atoms with E-state index in [2.05, 4.69) is 36.6 Å². The van der Waals surface area contributed by atoms with E-state index in [1.54, 1.807) is 15.3 Å². The molecule has 1 N–H and O–H groups in total. The van der Waals surface area contributed by atoms with Crippen LogP contribution in [0.1, 0.15) is 80.2 Å². The van der Waals surface area contributed by atoms with Gasteiger partial charge in [0.25, 0.3) is 0 Å². The molecule has 0 saturated heterocycles. The summed E-state index contributed by atoms with van der Waals surface area (Å²) >= 11 is 2.12. The zero-order valence-corrected chi connectivity index (χ0v) is 14.6. The fraction of sp³-hybridized carbons (Fsp3) is 0.789. The summed E-state index contributed by atoms with van der Waals surface area (Å²) in [6.45, 7) is 5.83. The van der Waals surface area contributed by atoms with E-state index in [9.17, 15) is 0 Å². The lowest BCUT2D eigenvalue weighted by molar-refractivity contribution is 0.211. The Bertz CT molecular complexity index is 429. The summed E-state index contributed by atoms with van der Waals surface area (Å²) < 4.78 is 0. The summed E-state index contributed by atoms with van der Waals surface area (Å²) in [6, 6.07) is 3.19. The van der Waals surface area contributed by atoms with Crippen molar-refractivity contribution in [1.29, 1.82) is 0 Å². The molecule has 0 spiro atoms. The third kappa shape index (κ3) is 3.53. The summed E-state index contributed by atoms with van der Waals surface area (Å²) in [7, 11) is 0. The number of fused-ring (bicyclic) bond motifs is 1. The van der Waals surface area contributed by atoms with E-state index in [1.807, 2.05) is 0 Å². The van der Waals surface area contributed by atoms with E-state index < -0.39 is 0 Å². The van der Waals surface area contributed by atoms with Gasteiger partial charge in [-0.15, -0.1) is 11.3 Å². The van der Waals surface area contributed by atoms with Gasteiger partial charge in [-0.2, -0.15) is 0 Å². The normalized spacial score (nSPS) is 26.8. The molecule has 2 aliphatic rings. The number of hydrogen-bond donors (Lipinski definition) is 1. The van der Waals surface area contributed by atoms with Gasteiger partial charge < -0.3 is 5.32 Å². The second-order valence-electron chi connectivity index (χ2n) is 7.08. The number of aryl methyl sites for hydroxylation is 2. The zero-order chi connectivity index (χ0) is 14.7. The Morgan fingerprint density at radius 3 is 2.90 bits per heavy atom. The molecule has 0 aliphatic heterocycles. The molecule has 1 fully saturated rings. The van der Waals surface area contributed by atoms with Crippen molar-refractivity contribution in [2.24, 2.45) is 11.8 Å². The van der Waals surface area contributed by atoms with Crippen LogP contribution in [-0.4, -0.2) is 6.54 Å². The topological polar surface area (TPSA) is 12.0 Å². The Kier molecular flexibility index (Phi) is 5.39. The van der Waals surface area contributed by atoms with E-state index in [4.69, 9.17) is 0 Å². The van der Waals surface area contributed by atoms with E-state index in [0.717, 1.165) is 11.8 Å². The van der Waals surface area contributed by atoms with Crippen molar-refractivity contribution in [3.8, 4) is 0 Å². The van der Waals surface area contributed by atoms with E-state index in [-0.39, 0.29) is 0 Å². The quantitative estimate of drug-likeness (QED) is 0.732. The molecular weight excluding hydrogens is 274 g/mol. The van der Waals surface area contributed by atoms with E-state index >= 15 is 0 Å². The number of hydrogen-bond acceptors (Lipinski definition) is 2. The number of nitrogens with one attached hydrogen (secondary N) is 1. The SMILES string of the molecule is CCCNC(c1cc2c(s1)CCC2)C1CCCC(CC)C1. The lowest BCUT2D eigenvalue weighted by Gasteiger charge is -2.34. The van der Waals surface area contributed by atoms with Crippen LogP contribution in [0.3, 0.4) is 0 Å². The highest BCUT2D eigenvalue weighted by Crippen LogP contribution is 2.42. The first-order chi connectivity index (χ1) is 10.3. The predicted molar refractivity (Wildman–Crippen MR) is 93.1 cm³/mol. The van der Waals surface area contributed by atoms with E-state index in [0.29, 0.717) is 6.04 Å². The Labute approximate surface area is 134 Å². The Hall–Kier alpha value is -0.340. The highest BCUT2D eigenvalue weighted by atomic mass is 32.1. The molecule has 0 radical (unpaired) electrons.